The van der Waals surface area contributed by atoms with E-state index in [-0.39, 0.29) is 11.8 Å². The van der Waals surface area contributed by atoms with E-state index in [0.717, 1.165) is 31.2 Å². The van der Waals surface area contributed by atoms with Crippen molar-refractivity contribution in [3.8, 4) is 0 Å². The number of halogens is 1. The van der Waals surface area contributed by atoms with Crippen molar-refractivity contribution in [2.75, 3.05) is 12.4 Å². The zero-order valence-corrected chi connectivity index (χ0v) is 10.8. The summed E-state index contributed by atoms with van der Waals surface area (Å²) < 4.78 is 18.2. The highest BCUT2D eigenvalue weighted by atomic mass is 19.1. The van der Waals surface area contributed by atoms with E-state index in [4.69, 9.17) is 4.74 Å². The number of carbonyl (C=O) groups is 1. The van der Waals surface area contributed by atoms with Gasteiger partial charge in [0.1, 0.15) is 11.4 Å². The van der Waals surface area contributed by atoms with Crippen LogP contribution in [0.3, 0.4) is 0 Å². The zero-order chi connectivity index (χ0) is 13.2. The first-order valence-corrected chi connectivity index (χ1v) is 6.19. The summed E-state index contributed by atoms with van der Waals surface area (Å²) in [7, 11) is 1.39. The third-order valence-corrected chi connectivity index (χ3v) is 3.46. The van der Waals surface area contributed by atoms with Gasteiger partial charge in [0.15, 0.2) is 0 Å². The lowest BCUT2D eigenvalue weighted by Crippen LogP contribution is -2.44. The van der Waals surface area contributed by atoms with E-state index in [9.17, 15) is 9.18 Å². The number of hydrogen-bond donors (Lipinski definition) is 1. The molecule has 3 nitrogen and oxygen atoms in total. The van der Waals surface area contributed by atoms with Crippen LogP contribution in [0.4, 0.5) is 10.1 Å². The number of benzene rings is 1. The Morgan fingerprint density at radius 3 is 2.56 bits per heavy atom. The molecule has 4 heteroatoms. The summed E-state index contributed by atoms with van der Waals surface area (Å²) in [5, 5.41) is 3.17. The molecule has 0 aliphatic heterocycles. The number of ether oxygens (including phenoxy) is 1. The largest absolute Gasteiger partial charge is 0.467 e. The Labute approximate surface area is 106 Å². The van der Waals surface area contributed by atoms with Crippen molar-refractivity contribution in [3.63, 3.8) is 0 Å². The summed E-state index contributed by atoms with van der Waals surface area (Å²) in [6.07, 6.45) is 3.43. The molecule has 0 aromatic heterocycles. The molecule has 0 unspecified atom stereocenters. The topological polar surface area (TPSA) is 38.3 Å². The molecule has 0 heterocycles. The van der Waals surface area contributed by atoms with Crippen molar-refractivity contribution in [1.82, 2.24) is 0 Å². The van der Waals surface area contributed by atoms with Crippen LogP contribution in [0.15, 0.2) is 18.2 Å². The van der Waals surface area contributed by atoms with Gasteiger partial charge < -0.3 is 10.1 Å². The number of hydrogen-bond acceptors (Lipinski definition) is 3. The first kappa shape index (κ1) is 12.9. The van der Waals surface area contributed by atoms with Crippen molar-refractivity contribution in [3.05, 3.63) is 29.6 Å². The molecule has 1 aliphatic rings. The molecule has 1 aromatic rings. The lowest BCUT2D eigenvalue weighted by molar-refractivity contribution is -0.145. The third kappa shape index (κ3) is 2.47. The number of aryl methyl sites for hydroxylation is 1. The predicted molar refractivity (Wildman–Crippen MR) is 68.0 cm³/mol. The molecule has 0 radical (unpaired) electrons. The van der Waals surface area contributed by atoms with Gasteiger partial charge in [-0.3, -0.25) is 0 Å². The highest BCUT2D eigenvalue weighted by molar-refractivity contribution is 5.85. The van der Waals surface area contributed by atoms with Gasteiger partial charge in [-0.05, 0) is 43.5 Å². The molecular formula is C14H18FNO2. The van der Waals surface area contributed by atoms with E-state index in [1.54, 1.807) is 0 Å². The second-order valence-electron chi connectivity index (χ2n) is 4.92. The summed E-state index contributed by atoms with van der Waals surface area (Å²) in [6, 6.07) is 4.72. The van der Waals surface area contributed by atoms with Crippen LogP contribution in [0.25, 0.3) is 0 Å². The Bertz CT molecular complexity index is 433. The van der Waals surface area contributed by atoms with E-state index in [2.05, 4.69) is 5.32 Å². The fraction of sp³-hybridized carbons (Fsp3) is 0.500. The summed E-state index contributed by atoms with van der Waals surface area (Å²) in [4.78, 5) is 11.9. The minimum absolute atomic E-state index is 0.262. The SMILES string of the molecule is COC(=O)C1(Nc2cc(C)cc(F)c2)CCCC1. The van der Waals surface area contributed by atoms with Crippen molar-refractivity contribution in [2.24, 2.45) is 0 Å². The summed E-state index contributed by atoms with van der Waals surface area (Å²) >= 11 is 0. The highest BCUT2D eigenvalue weighted by Gasteiger charge is 2.42. The highest BCUT2D eigenvalue weighted by Crippen LogP contribution is 2.34. The molecule has 1 aliphatic carbocycles. The molecule has 18 heavy (non-hydrogen) atoms. The molecule has 1 fully saturated rings. The molecule has 2 rings (SSSR count). The lowest BCUT2D eigenvalue weighted by Gasteiger charge is -2.28. The summed E-state index contributed by atoms with van der Waals surface area (Å²) in [5.41, 5.74) is 0.782. The molecule has 1 aromatic carbocycles. The Hall–Kier alpha value is -1.58. The second kappa shape index (κ2) is 4.96. The number of esters is 1. The molecule has 1 saturated carbocycles. The average molecular weight is 251 g/mol. The molecule has 98 valence electrons. The van der Waals surface area contributed by atoms with E-state index < -0.39 is 5.54 Å². The minimum Gasteiger partial charge on any atom is -0.467 e. The van der Waals surface area contributed by atoms with Crippen LogP contribution >= 0.6 is 0 Å². The van der Waals surface area contributed by atoms with E-state index in [1.807, 2.05) is 13.0 Å². The lowest BCUT2D eigenvalue weighted by atomic mass is 9.97. The van der Waals surface area contributed by atoms with Crippen molar-refractivity contribution in [2.45, 2.75) is 38.1 Å². The Morgan fingerprint density at radius 1 is 1.33 bits per heavy atom. The van der Waals surface area contributed by atoms with Crippen LogP contribution in [-0.4, -0.2) is 18.6 Å². The van der Waals surface area contributed by atoms with Gasteiger partial charge in [-0.1, -0.05) is 12.8 Å². The van der Waals surface area contributed by atoms with Gasteiger partial charge in [0.05, 0.1) is 7.11 Å². The summed E-state index contributed by atoms with van der Waals surface area (Å²) in [6.45, 7) is 1.83. The van der Waals surface area contributed by atoms with Crippen LogP contribution in [0.2, 0.25) is 0 Å². The van der Waals surface area contributed by atoms with Crippen molar-refractivity contribution in [1.29, 1.82) is 0 Å². The van der Waals surface area contributed by atoms with Gasteiger partial charge in [0, 0.05) is 5.69 Å². The van der Waals surface area contributed by atoms with Crippen molar-refractivity contribution < 1.29 is 13.9 Å². The number of nitrogens with one attached hydrogen (secondary N) is 1. The van der Waals surface area contributed by atoms with Gasteiger partial charge in [0.25, 0.3) is 0 Å². The van der Waals surface area contributed by atoms with Crippen LogP contribution in [0.5, 0.6) is 0 Å². The predicted octanol–water partition coefficient (Wildman–Crippen LogP) is 3.03. The van der Waals surface area contributed by atoms with Gasteiger partial charge >= 0.3 is 5.97 Å². The standard InChI is InChI=1S/C14H18FNO2/c1-10-7-11(15)9-12(8-10)16-14(13(17)18-2)5-3-4-6-14/h7-9,16H,3-6H2,1-2H3. The molecule has 0 atom stereocenters. The maximum absolute atomic E-state index is 13.4. The number of rotatable bonds is 3. The number of anilines is 1. The molecule has 0 saturated heterocycles. The van der Waals surface area contributed by atoms with Crippen LogP contribution in [0.1, 0.15) is 31.2 Å². The average Bonchev–Trinajstić information content (AvgIpc) is 2.76. The van der Waals surface area contributed by atoms with E-state index in [0.29, 0.717) is 5.69 Å². The quantitative estimate of drug-likeness (QED) is 0.839. The van der Waals surface area contributed by atoms with Crippen molar-refractivity contribution >= 4 is 11.7 Å². The maximum Gasteiger partial charge on any atom is 0.331 e. The molecular weight excluding hydrogens is 233 g/mol. The molecule has 0 spiro atoms. The van der Waals surface area contributed by atoms with E-state index >= 15 is 0 Å². The normalized spacial score (nSPS) is 17.5. The van der Waals surface area contributed by atoms with Gasteiger partial charge in [-0.2, -0.15) is 0 Å². The van der Waals surface area contributed by atoms with Crippen LogP contribution in [0, 0.1) is 12.7 Å². The van der Waals surface area contributed by atoms with E-state index in [1.165, 1.54) is 19.2 Å². The molecule has 1 N–H and O–H groups in total. The van der Waals surface area contributed by atoms with Crippen LogP contribution < -0.4 is 5.32 Å². The maximum atomic E-state index is 13.4. The summed E-state index contributed by atoms with van der Waals surface area (Å²) in [5.74, 6) is -0.558. The Morgan fingerprint density at radius 2 is 2.00 bits per heavy atom. The van der Waals surface area contributed by atoms with Crippen LogP contribution in [-0.2, 0) is 9.53 Å². The first-order valence-electron chi connectivity index (χ1n) is 6.19. The fourth-order valence-electron chi connectivity index (χ4n) is 2.64. The monoisotopic (exact) mass is 251 g/mol. The smallest absolute Gasteiger partial charge is 0.331 e. The number of carbonyl (C=O) groups excluding carboxylic acids is 1. The zero-order valence-electron chi connectivity index (χ0n) is 10.8. The molecule has 0 bridgehead atoms. The van der Waals surface area contributed by atoms with Gasteiger partial charge in [-0.15, -0.1) is 0 Å². The van der Waals surface area contributed by atoms with Gasteiger partial charge in [0.2, 0.25) is 0 Å². The molecule has 0 amide bonds. The third-order valence-electron chi connectivity index (χ3n) is 3.46. The first-order chi connectivity index (χ1) is 8.55. The fourth-order valence-corrected chi connectivity index (χ4v) is 2.64. The Balaban J connectivity index is 2.26. The Kier molecular flexibility index (Phi) is 3.55. The number of methoxy groups -OCH3 is 1. The second-order valence-corrected chi connectivity index (χ2v) is 4.92. The van der Waals surface area contributed by atoms with Gasteiger partial charge in [-0.25, -0.2) is 9.18 Å². The minimum atomic E-state index is -0.686.